The van der Waals surface area contributed by atoms with Gasteiger partial charge in [0.15, 0.2) is 0 Å². The van der Waals surface area contributed by atoms with Crippen molar-refractivity contribution in [2.24, 2.45) is 0 Å². The Hall–Kier alpha value is -2.86. The average molecular weight is 260 g/mol. The molecule has 0 aliphatic rings. The zero-order valence-electron chi connectivity index (χ0n) is 10.8. The highest BCUT2D eigenvalue weighted by molar-refractivity contribution is 5.80. The van der Waals surface area contributed by atoms with Crippen LogP contribution in [0.4, 0.5) is 0 Å². The molecule has 0 atom stereocenters. The minimum absolute atomic E-state index is 0.229. The standard InChI is InChI=1S/C17H12N2O/c1-2-12-19-15-11-7-6-10-14(15)17(20)18-16(19)13-8-4-3-5-9-13/h1,3-11H,12H2. The third kappa shape index (κ3) is 1.98. The van der Waals surface area contributed by atoms with Crippen molar-refractivity contribution in [2.45, 2.75) is 6.54 Å². The number of fused-ring (bicyclic) bond motifs is 1. The van der Waals surface area contributed by atoms with Gasteiger partial charge >= 0.3 is 0 Å². The number of hydrogen-bond donors (Lipinski definition) is 0. The number of nitrogens with zero attached hydrogens (tertiary/aromatic N) is 2. The van der Waals surface area contributed by atoms with Crippen LogP contribution in [0.5, 0.6) is 0 Å². The molecule has 0 unspecified atom stereocenters. The molecule has 3 nitrogen and oxygen atoms in total. The van der Waals surface area contributed by atoms with E-state index in [1.54, 1.807) is 6.07 Å². The lowest BCUT2D eigenvalue weighted by Crippen LogP contribution is -2.16. The fourth-order valence-corrected chi connectivity index (χ4v) is 2.28. The van der Waals surface area contributed by atoms with Gasteiger partial charge in [-0.15, -0.1) is 6.42 Å². The van der Waals surface area contributed by atoms with E-state index in [1.807, 2.05) is 53.1 Å². The van der Waals surface area contributed by atoms with Gasteiger partial charge in [-0.05, 0) is 12.1 Å². The van der Waals surface area contributed by atoms with Gasteiger partial charge in [-0.25, -0.2) is 0 Å². The molecule has 0 saturated heterocycles. The minimum Gasteiger partial charge on any atom is -0.313 e. The molecule has 0 bridgehead atoms. The van der Waals surface area contributed by atoms with Crippen LogP contribution in [-0.4, -0.2) is 9.55 Å². The number of para-hydroxylation sites is 1. The van der Waals surface area contributed by atoms with E-state index < -0.39 is 0 Å². The first-order valence-corrected chi connectivity index (χ1v) is 6.30. The average Bonchev–Trinajstić information content (AvgIpc) is 2.51. The van der Waals surface area contributed by atoms with Gasteiger partial charge in [0, 0.05) is 5.56 Å². The summed E-state index contributed by atoms with van der Waals surface area (Å²) in [7, 11) is 0. The van der Waals surface area contributed by atoms with E-state index in [2.05, 4.69) is 10.9 Å². The summed E-state index contributed by atoms with van der Waals surface area (Å²) in [5.41, 5.74) is 1.46. The normalized spacial score (nSPS) is 10.3. The Balaban J connectivity index is 2.41. The van der Waals surface area contributed by atoms with Gasteiger partial charge in [0.2, 0.25) is 0 Å². The maximum Gasteiger partial charge on any atom is 0.281 e. The van der Waals surface area contributed by atoms with Gasteiger partial charge in [0.1, 0.15) is 5.82 Å². The second kappa shape index (κ2) is 5.02. The molecule has 0 spiro atoms. The third-order valence-electron chi connectivity index (χ3n) is 3.17. The molecule has 20 heavy (non-hydrogen) atoms. The highest BCUT2D eigenvalue weighted by Gasteiger charge is 2.11. The van der Waals surface area contributed by atoms with Gasteiger partial charge in [-0.1, -0.05) is 48.4 Å². The van der Waals surface area contributed by atoms with Crippen LogP contribution >= 0.6 is 0 Å². The lowest BCUT2D eigenvalue weighted by Gasteiger charge is -2.13. The lowest BCUT2D eigenvalue weighted by molar-refractivity contribution is 0.850. The zero-order valence-corrected chi connectivity index (χ0v) is 10.8. The van der Waals surface area contributed by atoms with Gasteiger partial charge in [-0.3, -0.25) is 4.79 Å². The zero-order chi connectivity index (χ0) is 13.9. The molecular weight excluding hydrogens is 248 g/mol. The molecule has 1 aromatic heterocycles. The Morgan fingerprint density at radius 2 is 1.75 bits per heavy atom. The van der Waals surface area contributed by atoms with E-state index in [1.165, 1.54) is 0 Å². The third-order valence-corrected chi connectivity index (χ3v) is 3.17. The first kappa shape index (κ1) is 12.2. The van der Waals surface area contributed by atoms with Gasteiger partial charge in [0.05, 0.1) is 17.4 Å². The molecule has 0 N–H and O–H groups in total. The van der Waals surface area contributed by atoms with Crippen molar-refractivity contribution in [2.75, 3.05) is 0 Å². The highest BCUT2D eigenvalue weighted by atomic mass is 16.1. The van der Waals surface area contributed by atoms with Crippen LogP contribution in [0.3, 0.4) is 0 Å². The van der Waals surface area contributed by atoms with E-state index in [0.29, 0.717) is 17.8 Å². The Morgan fingerprint density at radius 3 is 2.50 bits per heavy atom. The molecule has 3 rings (SSSR count). The maximum absolute atomic E-state index is 12.2. The van der Waals surface area contributed by atoms with Crippen molar-refractivity contribution in [3.05, 3.63) is 65.0 Å². The smallest absolute Gasteiger partial charge is 0.281 e. The van der Waals surface area contributed by atoms with E-state index in [9.17, 15) is 4.79 Å². The molecule has 0 radical (unpaired) electrons. The van der Waals surface area contributed by atoms with Gasteiger partial charge in [-0.2, -0.15) is 4.98 Å². The van der Waals surface area contributed by atoms with E-state index in [0.717, 1.165) is 11.1 Å². The fourth-order valence-electron chi connectivity index (χ4n) is 2.28. The van der Waals surface area contributed by atoms with E-state index in [4.69, 9.17) is 6.42 Å². The molecule has 0 amide bonds. The summed E-state index contributed by atoms with van der Waals surface area (Å²) in [6, 6.07) is 17.0. The van der Waals surface area contributed by atoms with Crippen LogP contribution in [0.2, 0.25) is 0 Å². The van der Waals surface area contributed by atoms with Crippen molar-refractivity contribution in [1.82, 2.24) is 9.55 Å². The monoisotopic (exact) mass is 260 g/mol. The molecule has 2 aromatic carbocycles. The second-order valence-corrected chi connectivity index (χ2v) is 4.41. The first-order valence-electron chi connectivity index (χ1n) is 6.30. The molecule has 0 aliphatic carbocycles. The van der Waals surface area contributed by atoms with Gasteiger partial charge in [0.25, 0.3) is 5.56 Å². The summed E-state index contributed by atoms with van der Waals surface area (Å²) in [6.45, 7) is 0.373. The van der Waals surface area contributed by atoms with Crippen LogP contribution in [-0.2, 0) is 6.54 Å². The fraction of sp³-hybridized carbons (Fsp3) is 0.0588. The SMILES string of the molecule is C#CCn1c(-c2ccccc2)nc(=O)c2ccccc21. The summed E-state index contributed by atoms with van der Waals surface area (Å²) in [5, 5.41) is 0.586. The molecular formula is C17H12N2O. The maximum atomic E-state index is 12.2. The van der Waals surface area contributed by atoms with Crippen molar-refractivity contribution >= 4 is 10.9 Å². The Labute approximate surface area is 116 Å². The first-order chi connectivity index (χ1) is 9.81. The van der Waals surface area contributed by atoms with Crippen LogP contribution in [0.15, 0.2) is 59.4 Å². The quantitative estimate of drug-likeness (QED) is 0.664. The molecule has 3 aromatic rings. The molecule has 0 fully saturated rings. The highest BCUT2D eigenvalue weighted by Crippen LogP contribution is 2.20. The minimum atomic E-state index is -0.229. The van der Waals surface area contributed by atoms with Crippen molar-refractivity contribution in [1.29, 1.82) is 0 Å². The number of rotatable bonds is 2. The summed E-state index contributed by atoms with van der Waals surface area (Å²) in [5.74, 6) is 3.23. The molecule has 0 aliphatic heterocycles. The van der Waals surface area contributed by atoms with Crippen LogP contribution in [0.25, 0.3) is 22.3 Å². The van der Waals surface area contributed by atoms with Crippen molar-refractivity contribution < 1.29 is 0 Å². The van der Waals surface area contributed by atoms with Gasteiger partial charge < -0.3 is 4.57 Å². The molecule has 3 heteroatoms. The van der Waals surface area contributed by atoms with E-state index >= 15 is 0 Å². The number of aromatic nitrogens is 2. The van der Waals surface area contributed by atoms with E-state index in [-0.39, 0.29) is 5.56 Å². The number of terminal acetylenes is 1. The summed E-state index contributed by atoms with van der Waals surface area (Å²) in [6.07, 6.45) is 5.46. The summed E-state index contributed by atoms with van der Waals surface area (Å²) < 4.78 is 1.89. The molecule has 96 valence electrons. The second-order valence-electron chi connectivity index (χ2n) is 4.41. The summed E-state index contributed by atoms with van der Waals surface area (Å²) in [4.78, 5) is 16.4. The molecule has 1 heterocycles. The Bertz CT molecular complexity index is 858. The Morgan fingerprint density at radius 1 is 1.05 bits per heavy atom. The topological polar surface area (TPSA) is 34.9 Å². The predicted molar refractivity (Wildman–Crippen MR) is 80.3 cm³/mol. The lowest BCUT2D eigenvalue weighted by atomic mass is 10.1. The van der Waals surface area contributed by atoms with Crippen LogP contribution in [0, 0.1) is 12.3 Å². The van der Waals surface area contributed by atoms with Crippen molar-refractivity contribution in [3.63, 3.8) is 0 Å². The van der Waals surface area contributed by atoms with Crippen LogP contribution < -0.4 is 5.56 Å². The summed E-state index contributed by atoms with van der Waals surface area (Å²) >= 11 is 0. The molecule has 0 saturated carbocycles. The van der Waals surface area contributed by atoms with Crippen LogP contribution in [0.1, 0.15) is 0 Å². The Kier molecular flexibility index (Phi) is 3.06. The predicted octanol–water partition coefficient (Wildman–Crippen LogP) is 2.70. The number of hydrogen-bond acceptors (Lipinski definition) is 2. The number of benzene rings is 2. The van der Waals surface area contributed by atoms with Crippen molar-refractivity contribution in [3.8, 4) is 23.7 Å². The largest absolute Gasteiger partial charge is 0.313 e.